The molecular formula is C51H37N. The molecule has 52 heavy (non-hydrogen) atoms. The minimum absolute atomic E-state index is 0.323. The summed E-state index contributed by atoms with van der Waals surface area (Å²) in [5.41, 5.74) is 18.3. The Morgan fingerprint density at radius 3 is 1.87 bits per heavy atom. The minimum atomic E-state index is -0.323. The van der Waals surface area contributed by atoms with Crippen molar-refractivity contribution in [1.82, 2.24) is 4.57 Å². The van der Waals surface area contributed by atoms with E-state index >= 15 is 0 Å². The van der Waals surface area contributed by atoms with Crippen LogP contribution in [0.3, 0.4) is 0 Å². The molecule has 0 amide bonds. The van der Waals surface area contributed by atoms with Crippen LogP contribution in [0, 0.1) is 0 Å². The summed E-state index contributed by atoms with van der Waals surface area (Å²) >= 11 is 0. The van der Waals surface area contributed by atoms with Gasteiger partial charge in [0, 0.05) is 16.5 Å². The van der Waals surface area contributed by atoms with E-state index in [1.54, 1.807) is 0 Å². The Labute approximate surface area is 304 Å². The lowest BCUT2D eigenvalue weighted by atomic mass is 9.70. The van der Waals surface area contributed by atoms with Crippen molar-refractivity contribution in [2.24, 2.45) is 0 Å². The van der Waals surface area contributed by atoms with Crippen LogP contribution in [0.4, 0.5) is 0 Å². The second-order valence-corrected chi connectivity index (χ2v) is 14.7. The zero-order valence-electron chi connectivity index (χ0n) is 29.2. The van der Waals surface area contributed by atoms with Crippen LogP contribution >= 0.6 is 0 Å². The third kappa shape index (κ3) is 3.99. The number of rotatable bonds is 5. The molecule has 1 nitrogen and oxygen atoms in total. The molecule has 8 aromatic carbocycles. The van der Waals surface area contributed by atoms with Gasteiger partial charge in [0.25, 0.3) is 0 Å². The minimum Gasteiger partial charge on any atom is -0.309 e. The zero-order chi connectivity index (χ0) is 34.4. The van der Waals surface area contributed by atoms with E-state index in [-0.39, 0.29) is 5.41 Å². The van der Waals surface area contributed by atoms with E-state index in [0.717, 1.165) is 6.42 Å². The Kier molecular flexibility index (Phi) is 6.34. The lowest BCUT2D eigenvalue weighted by Gasteiger charge is -2.30. The molecule has 9 aromatic rings. The molecule has 0 saturated heterocycles. The fourth-order valence-electron chi connectivity index (χ4n) is 9.66. The van der Waals surface area contributed by atoms with Crippen molar-refractivity contribution in [2.45, 2.75) is 31.6 Å². The van der Waals surface area contributed by atoms with Gasteiger partial charge in [0.05, 0.1) is 16.4 Å². The molecule has 1 atom stereocenters. The van der Waals surface area contributed by atoms with E-state index in [9.17, 15) is 0 Å². The van der Waals surface area contributed by atoms with Gasteiger partial charge < -0.3 is 4.57 Å². The molecular weight excluding hydrogens is 627 g/mol. The lowest BCUT2D eigenvalue weighted by molar-refractivity contribution is 0.784. The Morgan fingerprint density at radius 2 is 1.06 bits per heavy atom. The van der Waals surface area contributed by atoms with Crippen molar-refractivity contribution in [3.8, 4) is 39.1 Å². The van der Waals surface area contributed by atoms with E-state index in [2.05, 4.69) is 181 Å². The summed E-state index contributed by atoms with van der Waals surface area (Å²) < 4.78 is 2.42. The second kappa shape index (κ2) is 11.2. The Hall–Kier alpha value is -6.18. The summed E-state index contributed by atoms with van der Waals surface area (Å²) in [6, 6.07) is 64.2. The molecule has 2 aliphatic rings. The first kappa shape index (κ1) is 29.5. The van der Waals surface area contributed by atoms with Gasteiger partial charge in [0.2, 0.25) is 0 Å². The molecule has 1 unspecified atom stereocenters. The molecule has 246 valence electrons. The Balaban J connectivity index is 1.10. The van der Waals surface area contributed by atoms with E-state index in [1.165, 1.54) is 112 Å². The third-order valence-corrected chi connectivity index (χ3v) is 12.0. The number of fused-ring (bicyclic) bond motifs is 14. The summed E-state index contributed by atoms with van der Waals surface area (Å²) in [4.78, 5) is 0. The SMILES string of the molecule is CCCCc1ccc2c(c1)-c1ccccc1C21c2ccccc2-c2cc(-c3ccc4c(c3)c3ccccc3n4-c3ccc4ccccc4c3)ccc21. The standard InChI is InChI=1S/C51H37N/c1-2-3-12-33-21-26-47-42(29-33)39-15-6-9-18-45(39)51(47)46-19-10-7-16-40(46)43-31-36(23-27-48(43)51)37-24-28-50-44(32-37)41-17-8-11-20-49(41)52(50)38-25-22-34-13-4-5-14-35(34)30-38/h4-11,13-32H,2-3,12H2,1H3. The van der Waals surface area contributed by atoms with E-state index < -0.39 is 0 Å². The maximum atomic E-state index is 2.48. The first-order chi connectivity index (χ1) is 25.7. The van der Waals surface area contributed by atoms with E-state index in [0.29, 0.717) is 0 Å². The zero-order valence-corrected chi connectivity index (χ0v) is 29.2. The summed E-state index contributed by atoms with van der Waals surface area (Å²) in [7, 11) is 0. The maximum Gasteiger partial charge on any atom is 0.0725 e. The summed E-state index contributed by atoms with van der Waals surface area (Å²) in [5.74, 6) is 0. The highest BCUT2D eigenvalue weighted by atomic mass is 15.0. The number of aromatic nitrogens is 1. The number of unbranched alkanes of at least 4 members (excludes halogenated alkanes) is 1. The topological polar surface area (TPSA) is 4.93 Å². The van der Waals surface area contributed by atoms with Gasteiger partial charge in [-0.25, -0.2) is 0 Å². The van der Waals surface area contributed by atoms with Crippen LogP contribution in [0.1, 0.15) is 47.6 Å². The van der Waals surface area contributed by atoms with Gasteiger partial charge in [0.15, 0.2) is 0 Å². The summed E-state index contributed by atoms with van der Waals surface area (Å²) in [5, 5.41) is 5.06. The van der Waals surface area contributed by atoms with Crippen molar-refractivity contribution in [2.75, 3.05) is 0 Å². The predicted molar refractivity (Wildman–Crippen MR) is 219 cm³/mol. The van der Waals surface area contributed by atoms with Crippen LogP contribution < -0.4 is 0 Å². The molecule has 11 rings (SSSR count). The van der Waals surface area contributed by atoms with Gasteiger partial charge in [-0.05, 0) is 121 Å². The average Bonchev–Trinajstić information content (AvgIpc) is 3.81. The van der Waals surface area contributed by atoms with Gasteiger partial charge in [-0.1, -0.05) is 147 Å². The van der Waals surface area contributed by atoms with E-state index in [4.69, 9.17) is 0 Å². The van der Waals surface area contributed by atoms with Crippen LogP contribution in [-0.2, 0) is 11.8 Å². The number of nitrogens with zero attached hydrogens (tertiary/aromatic N) is 1. The van der Waals surface area contributed by atoms with Crippen LogP contribution in [0.15, 0.2) is 170 Å². The molecule has 0 fully saturated rings. The number of aryl methyl sites for hydroxylation is 1. The monoisotopic (exact) mass is 663 g/mol. The molecule has 1 aromatic heterocycles. The summed E-state index contributed by atoms with van der Waals surface area (Å²) in [6.45, 7) is 2.28. The molecule has 1 heterocycles. The average molecular weight is 664 g/mol. The fourth-order valence-corrected chi connectivity index (χ4v) is 9.66. The molecule has 0 N–H and O–H groups in total. The maximum absolute atomic E-state index is 2.48. The van der Waals surface area contributed by atoms with Crippen LogP contribution in [0.2, 0.25) is 0 Å². The van der Waals surface area contributed by atoms with Gasteiger partial charge in [0.1, 0.15) is 0 Å². The van der Waals surface area contributed by atoms with Gasteiger partial charge in [-0.2, -0.15) is 0 Å². The molecule has 1 spiro atoms. The predicted octanol–water partition coefficient (Wildman–Crippen LogP) is 13.3. The highest BCUT2D eigenvalue weighted by Crippen LogP contribution is 2.63. The number of benzene rings is 8. The van der Waals surface area contributed by atoms with Crippen LogP contribution in [-0.4, -0.2) is 4.57 Å². The Morgan fingerprint density at radius 1 is 0.442 bits per heavy atom. The first-order valence-electron chi connectivity index (χ1n) is 18.7. The summed E-state index contributed by atoms with van der Waals surface area (Å²) in [6.07, 6.45) is 3.55. The molecule has 0 aliphatic heterocycles. The molecule has 0 saturated carbocycles. The van der Waals surface area contributed by atoms with Gasteiger partial charge in [-0.15, -0.1) is 0 Å². The normalized spacial score (nSPS) is 15.3. The Bertz CT molecular complexity index is 2900. The lowest BCUT2D eigenvalue weighted by Crippen LogP contribution is -2.25. The quantitative estimate of drug-likeness (QED) is 0.173. The molecule has 2 aliphatic carbocycles. The largest absolute Gasteiger partial charge is 0.309 e. The van der Waals surface area contributed by atoms with Crippen molar-refractivity contribution < 1.29 is 0 Å². The van der Waals surface area contributed by atoms with Gasteiger partial charge >= 0.3 is 0 Å². The number of hydrogen-bond donors (Lipinski definition) is 0. The van der Waals surface area contributed by atoms with Gasteiger partial charge in [-0.3, -0.25) is 0 Å². The third-order valence-electron chi connectivity index (χ3n) is 12.0. The van der Waals surface area contributed by atoms with Crippen molar-refractivity contribution in [1.29, 1.82) is 0 Å². The highest BCUT2D eigenvalue weighted by Gasteiger charge is 2.51. The first-order valence-corrected chi connectivity index (χ1v) is 18.7. The molecule has 1 heteroatoms. The highest BCUT2D eigenvalue weighted by molar-refractivity contribution is 6.11. The van der Waals surface area contributed by atoms with Crippen molar-refractivity contribution >= 4 is 32.6 Å². The second-order valence-electron chi connectivity index (χ2n) is 14.7. The molecule has 0 radical (unpaired) electrons. The number of hydrogen-bond acceptors (Lipinski definition) is 0. The number of para-hydroxylation sites is 1. The molecule has 0 bridgehead atoms. The van der Waals surface area contributed by atoms with E-state index in [1.807, 2.05) is 0 Å². The fraction of sp³-hybridized carbons (Fsp3) is 0.0980. The van der Waals surface area contributed by atoms with Crippen molar-refractivity contribution in [3.05, 3.63) is 198 Å². The van der Waals surface area contributed by atoms with Crippen LogP contribution in [0.5, 0.6) is 0 Å². The smallest absolute Gasteiger partial charge is 0.0725 e. The van der Waals surface area contributed by atoms with Crippen LogP contribution in [0.25, 0.3) is 71.6 Å². The van der Waals surface area contributed by atoms with Crippen molar-refractivity contribution in [3.63, 3.8) is 0 Å².